The molecule has 10 heteroatoms. The average Bonchev–Trinajstić information content (AvgIpc) is 3.57. The highest BCUT2D eigenvalue weighted by atomic mass is 32.2. The maximum Gasteiger partial charge on any atom is 0.272 e. The number of rotatable bonds is 11. The summed E-state index contributed by atoms with van der Waals surface area (Å²) in [5.74, 6) is -1.41. The first-order valence-corrected chi connectivity index (χ1v) is 19.4. The van der Waals surface area contributed by atoms with E-state index in [2.05, 4.69) is 34.2 Å². The number of hydrogen-bond donors (Lipinski definition) is 3. The van der Waals surface area contributed by atoms with E-state index in [1.54, 1.807) is 48.5 Å². The molecule has 5 aromatic carbocycles. The molecule has 0 radical (unpaired) electrons. The standard InChI is InChI=1S/C45H35FN4O3S2/c46-34-22-19-29(20-23-34)25-39(49-42(51)32-15-8-3-9-16-32)43(52)48-35-17-10-18-36(27-35)54-41(31-13-6-2-7-14-31)44(53)50-45-38(28-47)37-24-21-33(26-40(37)55-45)30-11-4-1-5-12-30/h1-20,22-23,25,27,33,41H,21,24,26H2,(H,48,52)(H,49,51)(H,50,53)/b39-25-. The van der Waals surface area contributed by atoms with E-state index in [1.165, 1.54) is 59.0 Å². The highest BCUT2D eigenvalue weighted by molar-refractivity contribution is 8.00. The maximum atomic E-state index is 14.2. The van der Waals surface area contributed by atoms with Crippen molar-refractivity contribution in [3.8, 4) is 6.07 Å². The summed E-state index contributed by atoms with van der Waals surface area (Å²) in [6, 6.07) is 43.4. The summed E-state index contributed by atoms with van der Waals surface area (Å²) in [7, 11) is 0. The number of carbonyl (C=O) groups excluding carboxylic acids is 3. The molecule has 0 spiro atoms. The maximum absolute atomic E-state index is 14.2. The van der Waals surface area contributed by atoms with E-state index in [4.69, 9.17) is 0 Å². The van der Waals surface area contributed by atoms with Crippen molar-refractivity contribution in [1.29, 1.82) is 5.26 Å². The third-order valence-corrected chi connectivity index (χ3v) is 11.7. The minimum absolute atomic E-state index is 0.0397. The smallest absolute Gasteiger partial charge is 0.272 e. The van der Waals surface area contributed by atoms with Crippen LogP contribution in [0.25, 0.3) is 6.08 Å². The lowest BCUT2D eigenvalue weighted by atomic mass is 9.83. The van der Waals surface area contributed by atoms with Crippen LogP contribution in [-0.2, 0) is 22.4 Å². The molecule has 3 amide bonds. The molecule has 7 nitrogen and oxygen atoms in total. The number of nitriles is 1. The van der Waals surface area contributed by atoms with Gasteiger partial charge in [0.15, 0.2) is 0 Å². The first-order chi connectivity index (χ1) is 26.8. The fraction of sp³-hybridized carbons (Fsp3) is 0.111. The van der Waals surface area contributed by atoms with Gasteiger partial charge in [-0.3, -0.25) is 14.4 Å². The van der Waals surface area contributed by atoms with E-state index >= 15 is 0 Å². The van der Waals surface area contributed by atoms with Gasteiger partial charge in [0.25, 0.3) is 11.8 Å². The lowest BCUT2D eigenvalue weighted by Gasteiger charge is -2.22. The zero-order valence-corrected chi connectivity index (χ0v) is 31.1. The molecule has 0 aliphatic heterocycles. The number of thiophene rings is 1. The molecule has 7 rings (SSSR count). The van der Waals surface area contributed by atoms with E-state index < -0.39 is 22.9 Å². The Hall–Kier alpha value is -6.28. The van der Waals surface area contributed by atoms with Crippen LogP contribution >= 0.6 is 23.1 Å². The molecule has 1 aromatic heterocycles. The number of halogens is 1. The molecule has 6 aromatic rings. The summed E-state index contributed by atoms with van der Waals surface area (Å²) in [5.41, 5.74) is 4.89. The van der Waals surface area contributed by atoms with Crippen LogP contribution in [0.3, 0.4) is 0 Å². The second-order valence-corrected chi connectivity index (χ2v) is 15.3. The van der Waals surface area contributed by atoms with Gasteiger partial charge in [-0.25, -0.2) is 4.39 Å². The lowest BCUT2D eigenvalue weighted by molar-refractivity contribution is -0.116. The van der Waals surface area contributed by atoms with Crippen LogP contribution in [0, 0.1) is 17.1 Å². The molecule has 0 saturated carbocycles. The average molecular weight is 763 g/mol. The van der Waals surface area contributed by atoms with Crippen LogP contribution in [0.1, 0.15) is 60.6 Å². The van der Waals surface area contributed by atoms with E-state index in [1.807, 2.05) is 54.6 Å². The van der Waals surface area contributed by atoms with Gasteiger partial charge in [0.1, 0.15) is 27.8 Å². The van der Waals surface area contributed by atoms with Crippen LogP contribution in [0.4, 0.5) is 15.1 Å². The van der Waals surface area contributed by atoms with Crippen LogP contribution in [0.5, 0.6) is 0 Å². The Morgan fingerprint density at radius 2 is 1.53 bits per heavy atom. The molecule has 0 fully saturated rings. The van der Waals surface area contributed by atoms with Crippen LogP contribution < -0.4 is 16.0 Å². The van der Waals surface area contributed by atoms with E-state index in [0.717, 1.165) is 35.3 Å². The minimum Gasteiger partial charge on any atom is -0.321 e. The number of nitrogens with zero attached hydrogens (tertiary/aromatic N) is 1. The zero-order chi connectivity index (χ0) is 38.1. The SMILES string of the molecule is N#Cc1c(NC(=O)C(Sc2cccc(NC(=O)/C(=C/c3ccc(F)cc3)NC(=O)c3ccccc3)c2)c2ccccc2)sc2c1CCC(c1ccccc1)C2. The number of nitrogens with one attached hydrogen (secondary N) is 3. The first kappa shape index (κ1) is 37.1. The van der Waals surface area contributed by atoms with Gasteiger partial charge in [0.2, 0.25) is 5.91 Å². The van der Waals surface area contributed by atoms with Gasteiger partial charge in [0, 0.05) is 21.0 Å². The van der Waals surface area contributed by atoms with Gasteiger partial charge >= 0.3 is 0 Å². The van der Waals surface area contributed by atoms with Crippen molar-refractivity contribution in [1.82, 2.24) is 5.32 Å². The Labute approximate surface area is 326 Å². The van der Waals surface area contributed by atoms with Crippen LogP contribution in [-0.4, -0.2) is 17.7 Å². The number of amides is 3. The van der Waals surface area contributed by atoms with Crippen molar-refractivity contribution in [3.05, 3.63) is 189 Å². The highest BCUT2D eigenvalue weighted by Crippen LogP contribution is 2.44. The van der Waals surface area contributed by atoms with Crippen molar-refractivity contribution in [3.63, 3.8) is 0 Å². The molecule has 2 unspecified atom stereocenters. The highest BCUT2D eigenvalue weighted by Gasteiger charge is 2.29. The van der Waals surface area contributed by atoms with Crippen molar-refractivity contribution in [2.45, 2.75) is 35.3 Å². The van der Waals surface area contributed by atoms with Crippen LogP contribution in [0.2, 0.25) is 0 Å². The number of carbonyl (C=O) groups is 3. The van der Waals surface area contributed by atoms with Gasteiger partial charge in [-0.2, -0.15) is 5.26 Å². The summed E-state index contributed by atoms with van der Waals surface area (Å²) in [6.45, 7) is 0. The molecule has 0 bridgehead atoms. The summed E-state index contributed by atoms with van der Waals surface area (Å²) in [4.78, 5) is 42.8. The van der Waals surface area contributed by atoms with Gasteiger partial charge in [-0.15, -0.1) is 23.1 Å². The molecule has 1 heterocycles. The zero-order valence-electron chi connectivity index (χ0n) is 29.5. The third kappa shape index (κ3) is 9.10. The molecule has 2 atom stereocenters. The summed E-state index contributed by atoms with van der Waals surface area (Å²) < 4.78 is 13.6. The van der Waals surface area contributed by atoms with Crippen molar-refractivity contribution in [2.24, 2.45) is 0 Å². The molecule has 1 aliphatic carbocycles. The Morgan fingerprint density at radius 1 is 0.836 bits per heavy atom. The van der Waals surface area contributed by atoms with E-state index in [-0.39, 0.29) is 11.6 Å². The molecular formula is C45H35FN4O3S2. The Bertz CT molecular complexity index is 2390. The van der Waals surface area contributed by atoms with E-state index in [9.17, 15) is 24.0 Å². The number of hydrogen-bond acceptors (Lipinski definition) is 6. The summed E-state index contributed by atoms with van der Waals surface area (Å²) >= 11 is 2.80. The van der Waals surface area contributed by atoms with Gasteiger partial charge in [-0.05, 0) is 96.0 Å². The number of anilines is 2. The van der Waals surface area contributed by atoms with Gasteiger partial charge < -0.3 is 16.0 Å². The number of fused-ring (bicyclic) bond motifs is 1. The van der Waals surface area contributed by atoms with Crippen molar-refractivity contribution < 1.29 is 18.8 Å². The van der Waals surface area contributed by atoms with Crippen LogP contribution in [0.15, 0.2) is 150 Å². The monoisotopic (exact) mass is 762 g/mol. The fourth-order valence-corrected chi connectivity index (χ4v) is 8.89. The fourth-order valence-electron chi connectivity index (χ4n) is 6.53. The van der Waals surface area contributed by atoms with E-state index in [0.29, 0.717) is 38.2 Å². The molecular weight excluding hydrogens is 728 g/mol. The largest absolute Gasteiger partial charge is 0.321 e. The topological polar surface area (TPSA) is 111 Å². The number of thioether (sulfide) groups is 1. The minimum atomic E-state index is -0.686. The molecule has 272 valence electrons. The molecule has 0 saturated heterocycles. The normalized spacial score (nSPS) is 14.2. The Morgan fingerprint density at radius 3 is 2.24 bits per heavy atom. The third-order valence-electron chi connectivity index (χ3n) is 9.28. The van der Waals surface area contributed by atoms with Crippen molar-refractivity contribution >= 4 is 57.6 Å². The lowest BCUT2D eigenvalue weighted by Crippen LogP contribution is -2.30. The molecule has 1 aliphatic rings. The number of benzene rings is 5. The quantitative estimate of drug-likeness (QED) is 0.0899. The molecule has 3 N–H and O–H groups in total. The first-order valence-electron chi connectivity index (χ1n) is 17.7. The van der Waals surface area contributed by atoms with Gasteiger partial charge in [-0.1, -0.05) is 97.1 Å². The van der Waals surface area contributed by atoms with Crippen molar-refractivity contribution in [2.75, 3.05) is 10.6 Å². The predicted molar refractivity (Wildman–Crippen MR) is 217 cm³/mol. The second-order valence-electron chi connectivity index (χ2n) is 13.0. The second kappa shape index (κ2) is 17.2. The molecule has 55 heavy (non-hydrogen) atoms. The Kier molecular flexibility index (Phi) is 11.6. The van der Waals surface area contributed by atoms with Gasteiger partial charge in [0.05, 0.1) is 5.56 Å². The summed E-state index contributed by atoms with van der Waals surface area (Å²) in [6.07, 6.45) is 4.01. The predicted octanol–water partition coefficient (Wildman–Crippen LogP) is 9.91. The summed E-state index contributed by atoms with van der Waals surface area (Å²) in [5, 5.41) is 18.8. The Balaban J connectivity index is 1.11.